The van der Waals surface area contributed by atoms with Gasteiger partial charge in [-0.3, -0.25) is 4.79 Å². The molecule has 26 heavy (non-hydrogen) atoms. The summed E-state index contributed by atoms with van der Waals surface area (Å²) in [6, 6.07) is 7.04. The predicted molar refractivity (Wildman–Crippen MR) is 108 cm³/mol. The number of aromatic hydroxyl groups is 1. The second-order valence-electron chi connectivity index (χ2n) is 6.58. The zero-order chi connectivity index (χ0) is 19.7. The highest BCUT2D eigenvalue weighted by Crippen LogP contribution is 2.31. The molecule has 1 amide bonds. The van der Waals surface area contributed by atoms with Gasteiger partial charge in [0.15, 0.2) is 0 Å². The molecule has 2 aromatic rings. The fraction of sp³-hybridized carbons (Fsp3) is 0.500. The summed E-state index contributed by atoms with van der Waals surface area (Å²) in [4.78, 5) is 18.3. The minimum atomic E-state index is 0.0417. The van der Waals surface area contributed by atoms with Gasteiger partial charge >= 0.3 is 0 Å². The van der Waals surface area contributed by atoms with E-state index in [1.807, 2.05) is 46.8 Å². The smallest absolute Gasteiger partial charge is 0.210 e. The Morgan fingerprint density at radius 3 is 2.31 bits per heavy atom. The van der Waals surface area contributed by atoms with E-state index in [0.717, 1.165) is 40.5 Å². The Hall–Kier alpha value is -1.92. The number of hydrogen-bond donors (Lipinski definition) is 1. The van der Waals surface area contributed by atoms with Gasteiger partial charge in [-0.15, -0.1) is 11.3 Å². The lowest BCUT2D eigenvalue weighted by atomic mass is 10.2. The first-order chi connectivity index (χ1) is 12.3. The van der Waals surface area contributed by atoms with Gasteiger partial charge < -0.3 is 14.7 Å². The van der Waals surface area contributed by atoms with Gasteiger partial charge in [0.1, 0.15) is 10.8 Å². The molecule has 6 heteroatoms. The summed E-state index contributed by atoms with van der Waals surface area (Å²) < 4.78 is 4.94. The van der Waals surface area contributed by atoms with Crippen LogP contribution in [-0.4, -0.2) is 40.7 Å². The Kier molecular flexibility index (Phi) is 8.75. The van der Waals surface area contributed by atoms with Gasteiger partial charge in [-0.2, -0.15) is 0 Å². The summed E-state index contributed by atoms with van der Waals surface area (Å²) in [6.45, 7) is 11.5. The third-order valence-electron chi connectivity index (χ3n) is 3.64. The van der Waals surface area contributed by atoms with Crippen molar-refractivity contribution in [3.05, 3.63) is 34.8 Å². The summed E-state index contributed by atoms with van der Waals surface area (Å²) in [5.74, 6) is 0.257. The van der Waals surface area contributed by atoms with Crippen LogP contribution in [0.2, 0.25) is 0 Å². The SMILES string of the molecule is CC.COC(C)(C)C.O=CN1CCc2nc(-c3ccc(O)cc3)sc2C1. The molecule has 144 valence electrons. The van der Waals surface area contributed by atoms with E-state index in [4.69, 9.17) is 4.74 Å². The number of carbonyl (C=O) groups excluding carboxylic acids is 1. The number of fused-ring (bicyclic) bond motifs is 1. The molecule has 5 nitrogen and oxygen atoms in total. The number of rotatable bonds is 2. The van der Waals surface area contributed by atoms with Crippen molar-refractivity contribution in [2.75, 3.05) is 13.7 Å². The van der Waals surface area contributed by atoms with Gasteiger partial charge in [-0.1, -0.05) is 13.8 Å². The van der Waals surface area contributed by atoms with Crippen molar-refractivity contribution in [2.45, 2.75) is 53.2 Å². The van der Waals surface area contributed by atoms with Crippen LogP contribution in [0.1, 0.15) is 45.2 Å². The summed E-state index contributed by atoms with van der Waals surface area (Å²) >= 11 is 1.62. The number of hydrogen-bond acceptors (Lipinski definition) is 5. The minimum Gasteiger partial charge on any atom is -0.508 e. The van der Waals surface area contributed by atoms with Gasteiger partial charge in [0.2, 0.25) is 6.41 Å². The van der Waals surface area contributed by atoms with E-state index < -0.39 is 0 Å². The third-order valence-corrected chi connectivity index (χ3v) is 4.77. The van der Waals surface area contributed by atoms with Crippen LogP contribution in [0.15, 0.2) is 24.3 Å². The first-order valence-electron chi connectivity index (χ1n) is 8.85. The lowest BCUT2D eigenvalue weighted by Gasteiger charge is -2.20. The average Bonchev–Trinajstić information content (AvgIpc) is 3.07. The largest absolute Gasteiger partial charge is 0.508 e. The summed E-state index contributed by atoms with van der Waals surface area (Å²) in [5.41, 5.74) is 2.14. The van der Waals surface area contributed by atoms with E-state index in [1.165, 1.54) is 0 Å². The van der Waals surface area contributed by atoms with Gasteiger partial charge in [0.05, 0.1) is 17.8 Å². The Balaban J connectivity index is 0.000000363. The molecule has 1 N–H and O–H groups in total. The Labute approximate surface area is 160 Å². The van der Waals surface area contributed by atoms with Gasteiger partial charge in [-0.25, -0.2) is 4.98 Å². The Bertz CT molecular complexity index is 675. The topological polar surface area (TPSA) is 62.7 Å². The first kappa shape index (κ1) is 22.1. The molecule has 1 aliphatic rings. The number of aromatic nitrogens is 1. The highest BCUT2D eigenvalue weighted by Gasteiger charge is 2.19. The van der Waals surface area contributed by atoms with E-state index in [0.29, 0.717) is 6.54 Å². The molecular weight excluding hydrogens is 348 g/mol. The molecule has 1 aromatic carbocycles. The number of benzene rings is 1. The zero-order valence-electron chi connectivity index (χ0n) is 16.6. The fourth-order valence-electron chi connectivity index (χ4n) is 2.03. The lowest BCUT2D eigenvalue weighted by Crippen LogP contribution is -2.28. The summed E-state index contributed by atoms with van der Waals surface area (Å²) in [7, 11) is 1.71. The number of methoxy groups -OCH3 is 1. The number of amides is 1. The molecule has 0 aliphatic carbocycles. The van der Waals surface area contributed by atoms with Gasteiger partial charge in [0, 0.05) is 30.5 Å². The molecule has 0 atom stereocenters. The third kappa shape index (κ3) is 6.77. The van der Waals surface area contributed by atoms with Crippen molar-refractivity contribution in [1.29, 1.82) is 0 Å². The van der Waals surface area contributed by atoms with Gasteiger partial charge in [0.25, 0.3) is 0 Å². The van der Waals surface area contributed by atoms with Crippen LogP contribution in [0.5, 0.6) is 5.75 Å². The average molecular weight is 379 g/mol. The van der Waals surface area contributed by atoms with Crippen LogP contribution in [0.3, 0.4) is 0 Å². The zero-order valence-corrected chi connectivity index (χ0v) is 17.4. The van der Waals surface area contributed by atoms with Crippen molar-refractivity contribution < 1.29 is 14.6 Å². The standard InChI is InChI=1S/C13H12N2O2S.C5H12O.C2H6/c16-8-15-6-5-11-12(7-15)18-13(14-11)9-1-3-10(17)4-2-9;1-5(2,3)6-4;1-2/h1-4,8,17H,5-7H2;1-4H3;1-2H3. The molecule has 1 aliphatic heterocycles. The van der Waals surface area contributed by atoms with Crippen LogP contribution in [-0.2, 0) is 22.5 Å². The van der Waals surface area contributed by atoms with Crippen molar-refractivity contribution in [2.24, 2.45) is 0 Å². The van der Waals surface area contributed by atoms with Crippen molar-refractivity contribution >= 4 is 17.7 Å². The number of phenolic OH excluding ortho intramolecular Hbond substituents is 1. The first-order valence-corrected chi connectivity index (χ1v) is 9.66. The molecule has 0 unspecified atom stereocenters. The number of thiazole rings is 1. The van der Waals surface area contributed by atoms with E-state index >= 15 is 0 Å². The number of phenols is 1. The highest BCUT2D eigenvalue weighted by molar-refractivity contribution is 7.15. The second kappa shape index (κ2) is 10.3. The second-order valence-corrected chi connectivity index (χ2v) is 7.66. The molecule has 0 bridgehead atoms. The van der Waals surface area contributed by atoms with Crippen LogP contribution in [0, 0.1) is 0 Å². The summed E-state index contributed by atoms with van der Waals surface area (Å²) in [5, 5.41) is 10.2. The maximum Gasteiger partial charge on any atom is 0.210 e. The monoisotopic (exact) mass is 378 g/mol. The molecule has 0 radical (unpaired) electrons. The molecule has 0 fully saturated rings. The van der Waals surface area contributed by atoms with Crippen LogP contribution in [0.4, 0.5) is 0 Å². The summed E-state index contributed by atoms with van der Waals surface area (Å²) in [6.07, 6.45) is 1.71. The number of carbonyl (C=O) groups is 1. The maximum absolute atomic E-state index is 10.8. The van der Waals surface area contributed by atoms with E-state index in [9.17, 15) is 9.90 Å². The molecule has 2 heterocycles. The molecule has 3 rings (SSSR count). The lowest BCUT2D eigenvalue weighted by molar-refractivity contribution is -0.118. The van der Waals surface area contributed by atoms with Crippen LogP contribution < -0.4 is 0 Å². The number of ether oxygens (including phenoxy) is 1. The van der Waals surface area contributed by atoms with E-state index in [1.54, 1.807) is 35.5 Å². The van der Waals surface area contributed by atoms with Crippen molar-refractivity contribution in [3.63, 3.8) is 0 Å². The molecule has 0 saturated carbocycles. The molecule has 1 aromatic heterocycles. The van der Waals surface area contributed by atoms with Crippen LogP contribution in [0.25, 0.3) is 10.6 Å². The van der Waals surface area contributed by atoms with E-state index in [-0.39, 0.29) is 11.4 Å². The van der Waals surface area contributed by atoms with Crippen molar-refractivity contribution in [1.82, 2.24) is 9.88 Å². The molecule has 0 spiro atoms. The van der Waals surface area contributed by atoms with Crippen LogP contribution >= 0.6 is 11.3 Å². The Morgan fingerprint density at radius 2 is 1.81 bits per heavy atom. The fourth-order valence-corrected chi connectivity index (χ4v) is 3.17. The molecular formula is C20H30N2O3S. The molecule has 0 saturated heterocycles. The van der Waals surface area contributed by atoms with Crippen molar-refractivity contribution in [3.8, 4) is 16.3 Å². The van der Waals surface area contributed by atoms with E-state index in [2.05, 4.69) is 4.98 Å². The predicted octanol–water partition coefficient (Wildman–Crippen LogP) is 4.49. The normalized spacial score (nSPS) is 12.9. The Morgan fingerprint density at radius 1 is 1.23 bits per heavy atom. The number of nitrogens with zero attached hydrogens (tertiary/aromatic N) is 2. The minimum absolute atomic E-state index is 0.0417. The van der Waals surface area contributed by atoms with Gasteiger partial charge in [-0.05, 0) is 45.0 Å². The maximum atomic E-state index is 10.8. The quantitative estimate of drug-likeness (QED) is 0.782. The highest BCUT2D eigenvalue weighted by atomic mass is 32.1.